The van der Waals surface area contributed by atoms with Crippen molar-refractivity contribution in [2.45, 2.75) is 0 Å². The Hall–Kier alpha value is -2.66. The van der Waals surface area contributed by atoms with Gasteiger partial charge in [-0.2, -0.15) is 4.98 Å². The average molecular weight is 313 g/mol. The molecule has 0 saturated carbocycles. The van der Waals surface area contributed by atoms with Gasteiger partial charge in [0.1, 0.15) is 6.29 Å². The van der Waals surface area contributed by atoms with Crippen LogP contribution in [0.15, 0.2) is 48.5 Å². The van der Waals surface area contributed by atoms with Crippen LogP contribution in [0, 0.1) is 0 Å². The van der Waals surface area contributed by atoms with Crippen LogP contribution >= 0.6 is 11.6 Å². The van der Waals surface area contributed by atoms with Crippen LogP contribution in [0.3, 0.4) is 0 Å². The lowest BCUT2D eigenvalue weighted by atomic mass is 10.1. The smallest absolute Gasteiger partial charge is 0.225 e. The minimum absolute atomic E-state index is 0.594. The number of hydrogen-bond acceptors (Lipinski definition) is 4. The molecule has 110 valence electrons. The van der Waals surface area contributed by atoms with E-state index < -0.39 is 0 Å². The van der Waals surface area contributed by atoms with Crippen molar-refractivity contribution >= 4 is 29.5 Å². The molecule has 1 N–H and O–H groups in total. The topological polar surface area (TPSA) is 59.8 Å². The molecular formula is C16H13ClN4O. The first-order valence-corrected chi connectivity index (χ1v) is 7.03. The summed E-state index contributed by atoms with van der Waals surface area (Å²) >= 11 is 5.87. The van der Waals surface area contributed by atoms with Crippen molar-refractivity contribution in [3.05, 3.63) is 59.1 Å². The van der Waals surface area contributed by atoms with Crippen LogP contribution in [0.25, 0.3) is 11.4 Å². The highest BCUT2D eigenvalue weighted by molar-refractivity contribution is 6.30. The normalized spacial score (nSPS) is 10.5. The number of aromatic nitrogens is 3. The van der Waals surface area contributed by atoms with Gasteiger partial charge in [-0.1, -0.05) is 35.9 Å². The highest BCUT2D eigenvalue weighted by atomic mass is 35.5. The first kappa shape index (κ1) is 14.3. The van der Waals surface area contributed by atoms with Gasteiger partial charge in [0.2, 0.25) is 5.95 Å². The van der Waals surface area contributed by atoms with Crippen LogP contribution in [0.1, 0.15) is 10.4 Å². The molecule has 0 aliphatic carbocycles. The molecule has 0 amide bonds. The molecule has 0 aliphatic heterocycles. The summed E-state index contributed by atoms with van der Waals surface area (Å²) in [5.41, 5.74) is 2.35. The van der Waals surface area contributed by atoms with E-state index >= 15 is 0 Å². The Labute approximate surface area is 132 Å². The monoisotopic (exact) mass is 312 g/mol. The molecule has 5 nitrogen and oxygen atoms in total. The molecule has 6 heteroatoms. The van der Waals surface area contributed by atoms with Gasteiger partial charge in [0.25, 0.3) is 0 Å². The van der Waals surface area contributed by atoms with E-state index in [1.54, 1.807) is 28.9 Å². The Bertz CT molecular complexity index is 794. The van der Waals surface area contributed by atoms with Crippen molar-refractivity contribution in [3.8, 4) is 11.4 Å². The number of halogens is 1. The molecule has 0 bridgehead atoms. The third-order valence-electron chi connectivity index (χ3n) is 3.17. The van der Waals surface area contributed by atoms with Crippen LogP contribution in [-0.4, -0.2) is 21.1 Å². The second-order valence-corrected chi connectivity index (χ2v) is 5.19. The first-order valence-electron chi connectivity index (χ1n) is 6.65. The van der Waals surface area contributed by atoms with Crippen molar-refractivity contribution < 1.29 is 4.79 Å². The van der Waals surface area contributed by atoms with E-state index in [2.05, 4.69) is 15.4 Å². The molecular weight excluding hydrogens is 300 g/mol. The van der Waals surface area contributed by atoms with Gasteiger partial charge in [-0.15, -0.1) is 5.10 Å². The maximum absolute atomic E-state index is 10.7. The van der Waals surface area contributed by atoms with Crippen LogP contribution in [-0.2, 0) is 7.05 Å². The van der Waals surface area contributed by atoms with Gasteiger partial charge in [-0.05, 0) is 24.3 Å². The molecule has 22 heavy (non-hydrogen) atoms. The summed E-state index contributed by atoms with van der Waals surface area (Å²) in [6.07, 6.45) is 0.809. The highest BCUT2D eigenvalue weighted by Crippen LogP contribution is 2.21. The molecule has 1 aromatic heterocycles. The summed E-state index contributed by atoms with van der Waals surface area (Å²) in [5, 5.41) is 8.25. The van der Waals surface area contributed by atoms with E-state index in [1.165, 1.54) is 0 Å². The zero-order valence-electron chi connectivity index (χ0n) is 11.8. The Morgan fingerprint density at radius 2 is 1.77 bits per heavy atom. The Kier molecular flexibility index (Phi) is 3.89. The third kappa shape index (κ3) is 2.99. The second-order valence-electron chi connectivity index (χ2n) is 4.75. The van der Waals surface area contributed by atoms with Crippen molar-refractivity contribution in [3.63, 3.8) is 0 Å². The lowest BCUT2D eigenvalue weighted by molar-refractivity contribution is 0.112. The maximum atomic E-state index is 10.7. The van der Waals surface area contributed by atoms with Gasteiger partial charge in [0.15, 0.2) is 5.82 Å². The number of aryl methyl sites for hydroxylation is 1. The first-order chi connectivity index (χ1) is 10.7. The van der Waals surface area contributed by atoms with Crippen molar-refractivity contribution in [2.75, 3.05) is 5.32 Å². The van der Waals surface area contributed by atoms with Crippen LogP contribution in [0.4, 0.5) is 11.6 Å². The van der Waals surface area contributed by atoms with E-state index in [1.807, 2.05) is 31.3 Å². The zero-order chi connectivity index (χ0) is 15.5. The van der Waals surface area contributed by atoms with Gasteiger partial charge in [-0.3, -0.25) is 4.79 Å². The largest absolute Gasteiger partial charge is 0.324 e. The van der Waals surface area contributed by atoms with E-state index in [9.17, 15) is 4.79 Å². The number of aldehydes is 1. The van der Waals surface area contributed by atoms with E-state index in [0.717, 1.165) is 17.5 Å². The number of benzene rings is 2. The standard InChI is InChI=1S/C16H13ClN4O/c1-21-16(18-14-8-6-13(17)7-9-14)19-15(20-21)12-4-2-11(10-22)3-5-12/h2-10H,1H3,(H,18,19,20). The number of hydrogen-bond donors (Lipinski definition) is 1. The summed E-state index contributed by atoms with van der Waals surface area (Å²) in [4.78, 5) is 15.2. The summed E-state index contributed by atoms with van der Waals surface area (Å²) in [6, 6.07) is 14.5. The predicted octanol–water partition coefficient (Wildman–Crippen LogP) is 3.69. The van der Waals surface area contributed by atoms with Crippen LogP contribution < -0.4 is 5.32 Å². The van der Waals surface area contributed by atoms with E-state index in [0.29, 0.717) is 22.4 Å². The minimum Gasteiger partial charge on any atom is -0.324 e. The number of carbonyl (C=O) groups is 1. The summed E-state index contributed by atoms with van der Waals surface area (Å²) in [7, 11) is 1.81. The van der Waals surface area contributed by atoms with Gasteiger partial charge in [0.05, 0.1) is 0 Å². The predicted molar refractivity (Wildman–Crippen MR) is 86.6 cm³/mol. The van der Waals surface area contributed by atoms with Crippen molar-refractivity contribution in [1.29, 1.82) is 0 Å². The molecule has 0 fully saturated rings. The molecule has 0 radical (unpaired) electrons. The molecule has 1 heterocycles. The number of nitrogens with one attached hydrogen (secondary N) is 1. The molecule has 0 unspecified atom stereocenters. The Balaban J connectivity index is 1.86. The summed E-state index contributed by atoms with van der Waals surface area (Å²) in [6.45, 7) is 0. The SMILES string of the molecule is Cn1nc(-c2ccc(C=O)cc2)nc1Nc1ccc(Cl)cc1. The zero-order valence-corrected chi connectivity index (χ0v) is 12.6. The Morgan fingerprint density at radius 3 is 2.41 bits per heavy atom. The van der Waals surface area contributed by atoms with E-state index in [-0.39, 0.29) is 0 Å². The lowest BCUT2D eigenvalue weighted by Gasteiger charge is -2.04. The van der Waals surface area contributed by atoms with Gasteiger partial charge < -0.3 is 5.32 Å². The van der Waals surface area contributed by atoms with E-state index in [4.69, 9.17) is 11.6 Å². The fourth-order valence-corrected chi connectivity index (χ4v) is 2.11. The van der Waals surface area contributed by atoms with Gasteiger partial charge in [-0.25, -0.2) is 4.68 Å². The number of anilines is 2. The molecule has 0 spiro atoms. The number of rotatable bonds is 4. The lowest BCUT2D eigenvalue weighted by Crippen LogP contribution is -1.99. The molecule has 0 aliphatic rings. The molecule has 2 aromatic carbocycles. The minimum atomic E-state index is 0.594. The molecule has 0 saturated heterocycles. The van der Waals surface area contributed by atoms with Crippen molar-refractivity contribution in [2.24, 2.45) is 7.05 Å². The third-order valence-corrected chi connectivity index (χ3v) is 3.42. The van der Waals surface area contributed by atoms with Gasteiger partial charge >= 0.3 is 0 Å². The number of nitrogens with zero attached hydrogens (tertiary/aromatic N) is 3. The summed E-state index contributed by atoms with van der Waals surface area (Å²) < 4.78 is 1.66. The quantitative estimate of drug-likeness (QED) is 0.746. The molecule has 3 aromatic rings. The number of carbonyl (C=O) groups excluding carboxylic acids is 1. The molecule has 3 rings (SSSR count). The van der Waals surface area contributed by atoms with Crippen molar-refractivity contribution in [1.82, 2.24) is 14.8 Å². The highest BCUT2D eigenvalue weighted by Gasteiger charge is 2.09. The fourth-order valence-electron chi connectivity index (χ4n) is 1.99. The van der Waals surface area contributed by atoms with Crippen LogP contribution in [0.2, 0.25) is 5.02 Å². The summed E-state index contributed by atoms with van der Waals surface area (Å²) in [5.74, 6) is 1.22. The van der Waals surface area contributed by atoms with Crippen LogP contribution in [0.5, 0.6) is 0 Å². The fraction of sp³-hybridized carbons (Fsp3) is 0.0625. The molecule has 0 atom stereocenters. The maximum Gasteiger partial charge on any atom is 0.225 e. The average Bonchev–Trinajstić information content (AvgIpc) is 2.91. The Morgan fingerprint density at radius 1 is 1.09 bits per heavy atom. The second kappa shape index (κ2) is 5.99. The van der Waals surface area contributed by atoms with Gasteiger partial charge in [0, 0.05) is 28.9 Å².